The predicted molar refractivity (Wildman–Crippen MR) is 113 cm³/mol. The number of imidazole rings is 1. The van der Waals surface area contributed by atoms with Gasteiger partial charge in [-0.3, -0.25) is 0 Å². The molecule has 2 amide bonds. The maximum absolute atomic E-state index is 12.4. The molecule has 0 spiro atoms. The third-order valence-corrected chi connectivity index (χ3v) is 6.42. The maximum atomic E-state index is 12.4. The minimum Gasteiger partial charge on any atom is -0.334 e. The SMILES string of the molecule is O=C(NCc1ccccc1-c1ccc(Cn2ccnc2)cc1)NC12CCCC1C2. The van der Waals surface area contributed by atoms with Gasteiger partial charge in [-0.2, -0.15) is 0 Å². The Bertz CT molecular complexity index is 996. The first kappa shape index (κ1) is 18.0. The average molecular weight is 386 g/mol. The van der Waals surface area contributed by atoms with E-state index in [9.17, 15) is 4.79 Å². The Morgan fingerprint density at radius 3 is 2.76 bits per heavy atom. The van der Waals surface area contributed by atoms with Crippen molar-refractivity contribution < 1.29 is 4.79 Å². The fourth-order valence-electron chi connectivity index (χ4n) is 4.73. The van der Waals surface area contributed by atoms with E-state index in [4.69, 9.17) is 0 Å². The third kappa shape index (κ3) is 3.77. The molecule has 2 fully saturated rings. The number of hydrogen-bond donors (Lipinski definition) is 2. The lowest BCUT2D eigenvalue weighted by molar-refractivity contribution is 0.234. The van der Waals surface area contributed by atoms with Gasteiger partial charge in [-0.05, 0) is 47.4 Å². The van der Waals surface area contributed by atoms with E-state index in [0.717, 1.165) is 36.1 Å². The van der Waals surface area contributed by atoms with Crippen LogP contribution in [-0.4, -0.2) is 21.1 Å². The molecule has 148 valence electrons. The predicted octanol–water partition coefficient (Wildman–Crippen LogP) is 4.34. The van der Waals surface area contributed by atoms with Gasteiger partial charge in [0.15, 0.2) is 0 Å². The Morgan fingerprint density at radius 2 is 2.03 bits per heavy atom. The van der Waals surface area contributed by atoms with Gasteiger partial charge >= 0.3 is 6.03 Å². The molecule has 2 atom stereocenters. The van der Waals surface area contributed by atoms with E-state index in [1.165, 1.54) is 18.4 Å². The average Bonchev–Trinajstić information content (AvgIpc) is 3.08. The van der Waals surface area contributed by atoms with E-state index < -0.39 is 0 Å². The summed E-state index contributed by atoms with van der Waals surface area (Å²) in [5, 5.41) is 6.30. The Balaban J connectivity index is 1.25. The van der Waals surface area contributed by atoms with Crippen LogP contribution >= 0.6 is 0 Å². The van der Waals surface area contributed by atoms with E-state index in [2.05, 4.69) is 56.6 Å². The van der Waals surface area contributed by atoms with Crippen LogP contribution in [0, 0.1) is 5.92 Å². The topological polar surface area (TPSA) is 59.0 Å². The van der Waals surface area contributed by atoms with Crippen LogP contribution in [0.3, 0.4) is 0 Å². The van der Waals surface area contributed by atoms with Crippen LogP contribution in [0.5, 0.6) is 0 Å². The quantitative estimate of drug-likeness (QED) is 0.662. The monoisotopic (exact) mass is 386 g/mol. The highest BCUT2D eigenvalue weighted by molar-refractivity contribution is 5.76. The Kier molecular flexibility index (Phi) is 4.58. The molecule has 0 aliphatic heterocycles. The van der Waals surface area contributed by atoms with Crippen LogP contribution in [0.2, 0.25) is 0 Å². The molecule has 5 rings (SSSR count). The van der Waals surface area contributed by atoms with Crippen molar-refractivity contribution >= 4 is 6.03 Å². The molecule has 2 aromatic carbocycles. The van der Waals surface area contributed by atoms with Gasteiger partial charge < -0.3 is 15.2 Å². The second kappa shape index (κ2) is 7.39. The summed E-state index contributed by atoms with van der Waals surface area (Å²) in [5.41, 5.74) is 4.78. The van der Waals surface area contributed by atoms with Gasteiger partial charge in [0.25, 0.3) is 0 Å². The standard InChI is InChI=1S/C24H26N4O/c29-23(27-24-11-3-5-21(24)14-24)26-15-20-4-1-2-6-22(20)19-9-7-18(8-10-19)16-28-13-12-25-17-28/h1-2,4,6-10,12-13,17,21H,3,5,11,14-16H2,(H2,26,27,29). The largest absolute Gasteiger partial charge is 0.334 e. The number of nitrogens with zero attached hydrogens (tertiary/aromatic N) is 2. The minimum absolute atomic E-state index is 0.0418. The molecule has 1 aromatic heterocycles. The fourth-order valence-corrected chi connectivity index (χ4v) is 4.73. The van der Waals surface area contributed by atoms with E-state index in [0.29, 0.717) is 12.5 Å². The second-order valence-electron chi connectivity index (χ2n) is 8.35. The maximum Gasteiger partial charge on any atom is 0.315 e. The van der Waals surface area contributed by atoms with Crippen LogP contribution in [0.1, 0.15) is 36.8 Å². The smallest absolute Gasteiger partial charge is 0.315 e. The normalized spacial score (nSPS) is 22.1. The molecule has 1 heterocycles. The summed E-state index contributed by atoms with van der Waals surface area (Å²) in [6.45, 7) is 1.34. The summed E-state index contributed by atoms with van der Waals surface area (Å²) in [4.78, 5) is 16.5. The molecule has 0 saturated heterocycles. The molecule has 0 bridgehead atoms. The number of urea groups is 1. The van der Waals surface area contributed by atoms with E-state index in [-0.39, 0.29) is 11.6 Å². The molecule has 3 aromatic rings. The summed E-state index contributed by atoms with van der Waals surface area (Å²) in [6.07, 6.45) is 10.4. The first-order valence-corrected chi connectivity index (χ1v) is 10.4. The molecule has 5 heteroatoms. The van der Waals surface area contributed by atoms with Gasteiger partial charge in [0.05, 0.1) is 6.33 Å². The van der Waals surface area contributed by atoms with Gasteiger partial charge in [-0.1, -0.05) is 55.0 Å². The molecule has 2 unspecified atom stereocenters. The highest BCUT2D eigenvalue weighted by atomic mass is 16.2. The highest BCUT2D eigenvalue weighted by Gasteiger charge is 2.57. The number of carbonyl (C=O) groups excluding carboxylic acids is 1. The van der Waals surface area contributed by atoms with Crippen LogP contribution < -0.4 is 10.6 Å². The van der Waals surface area contributed by atoms with Crippen molar-refractivity contribution in [2.24, 2.45) is 5.92 Å². The molecule has 2 aliphatic carbocycles. The van der Waals surface area contributed by atoms with Crippen molar-refractivity contribution in [2.75, 3.05) is 0 Å². The van der Waals surface area contributed by atoms with Crippen molar-refractivity contribution in [2.45, 2.75) is 44.3 Å². The first-order chi connectivity index (χ1) is 14.2. The molecule has 2 saturated carbocycles. The van der Waals surface area contributed by atoms with Gasteiger partial charge in [-0.25, -0.2) is 9.78 Å². The van der Waals surface area contributed by atoms with Crippen molar-refractivity contribution in [3.05, 3.63) is 78.4 Å². The van der Waals surface area contributed by atoms with Gasteiger partial charge in [-0.15, -0.1) is 0 Å². The lowest BCUT2D eigenvalue weighted by Crippen LogP contribution is -2.43. The Morgan fingerprint density at radius 1 is 1.17 bits per heavy atom. The summed E-state index contributed by atoms with van der Waals surface area (Å²) >= 11 is 0. The summed E-state index contributed by atoms with van der Waals surface area (Å²) in [5.74, 6) is 0.710. The van der Waals surface area contributed by atoms with E-state index in [1.54, 1.807) is 6.20 Å². The van der Waals surface area contributed by atoms with Crippen LogP contribution in [0.15, 0.2) is 67.3 Å². The number of carbonyl (C=O) groups is 1. The molecular formula is C24H26N4O. The van der Waals surface area contributed by atoms with Crippen LogP contribution in [-0.2, 0) is 13.1 Å². The molecule has 0 radical (unpaired) electrons. The van der Waals surface area contributed by atoms with Gasteiger partial charge in [0.2, 0.25) is 0 Å². The second-order valence-corrected chi connectivity index (χ2v) is 8.35. The lowest BCUT2D eigenvalue weighted by Gasteiger charge is -2.16. The van der Waals surface area contributed by atoms with Crippen molar-refractivity contribution in [3.8, 4) is 11.1 Å². The highest BCUT2D eigenvalue weighted by Crippen LogP contribution is 2.55. The van der Waals surface area contributed by atoms with Gasteiger partial charge in [0.1, 0.15) is 0 Å². The zero-order valence-electron chi connectivity index (χ0n) is 16.5. The number of fused-ring (bicyclic) bond motifs is 1. The number of rotatable bonds is 6. The number of nitrogens with one attached hydrogen (secondary N) is 2. The van der Waals surface area contributed by atoms with Gasteiger partial charge in [0, 0.05) is 31.0 Å². The Labute approximate surface area is 171 Å². The number of amides is 2. The summed E-state index contributed by atoms with van der Waals surface area (Å²) < 4.78 is 2.06. The Hall–Kier alpha value is -3.08. The number of aromatic nitrogens is 2. The zero-order chi connectivity index (χ0) is 19.7. The van der Waals surface area contributed by atoms with Crippen LogP contribution in [0.25, 0.3) is 11.1 Å². The lowest BCUT2D eigenvalue weighted by atomic mass is 9.98. The molecule has 29 heavy (non-hydrogen) atoms. The molecule has 2 aliphatic rings. The van der Waals surface area contributed by atoms with Crippen LogP contribution in [0.4, 0.5) is 4.79 Å². The first-order valence-electron chi connectivity index (χ1n) is 10.4. The third-order valence-electron chi connectivity index (χ3n) is 6.42. The van der Waals surface area contributed by atoms with Crippen molar-refractivity contribution in [1.29, 1.82) is 0 Å². The minimum atomic E-state index is -0.0418. The summed E-state index contributed by atoms with van der Waals surface area (Å²) in [6, 6.07) is 16.8. The molecule has 2 N–H and O–H groups in total. The molecule has 5 nitrogen and oxygen atoms in total. The zero-order valence-corrected chi connectivity index (χ0v) is 16.5. The number of benzene rings is 2. The molecular weight excluding hydrogens is 360 g/mol. The fraction of sp³-hybridized carbons (Fsp3) is 0.333. The van der Waals surface area contributed by atoms with E-state index >= 15 is 0 Å². The summed E-state index contributed by atoms with van der Waals surface area (Å²) in [7, 11) is 0. The van der Waals surface area contributed by atoms with Crippen molar-refractivity contribution in [3.63, 3.8) is 0 Å². The number of hydrogen-bond acceptors (Lipinski definition) is 2. The van der Waals surface area contributed by atoms with E-state index in [1.807, 2.05) is 24.7 Å². The van der Waals surface area contributed by atoms with Crippen molar-refractivity contribution in [1.82, 2.24) is 20.2 Å².